The number of amides is 1. The molecule has 0 spiro atoms. The summed E-state index contributed by atoms with van der Waals surface area (Å²) in [5, 5.41) is 13.2. The van der Waals surface area contributed by atoms with Crippen molar-refractivity contribution in [3.63, 3.8) is 0 Å². The van der Waals surface area contributed by atoms with E-state index < -0.39 is 11.6 Å². The van der Waals surface area contributed by atoms with Gasteiger partial charge in [-0.3, -0.25) is 4.79 Å². The third-order valence-electron chi connectivity index (χ3n) is 6.25. The maximum absolute atomic E-state index is 12.1. The van der Waals surface area contributed by atoms with Crippen molar-refractivity contribution in [3.05, 3.63) is 95.1 Å². The van der Waals surface area contributed by atoms with Gasteiger partial charge in [-0.15, -0.1) is 0 Å². The third-order valence-corrected chi connectivity index (χ3v) is 6.25. The highest BCUT2D eigenvalue weighted by molar-refractivity contribution is 5.79. The largest absolute Gasteiger partial charge is 0.497 e. The van der Waals surface area contributed by atoms with E-state index in [1.165, 1.54) is 0 Å². The second-order valence-corrected chi connectivity index (χ2v) is 8.43. The van der Waals surface area contributed by atoms with Crippen molar-refractivity contribution in [3.8, 4) is 11.5 Å². The average molecular weight is 476 g/mol. The Kier molecular flexibility index (Phi) is 7.36. The summed E-state index contributed by atoms with van der Waals surface area (Å²) < 4.78 is 10.6. The van der Waals surface area contributed by atoms with Crippen LogP contribution in [0.5, 0.6) is 11.5 Å². The van der Waals surface area contributed by atoms with Gasteiger partial charge in [-0.25, -0.2) is 4.79 Å². The molecule has 35 heavy (non-hydrogen) atoms. The van der Waals surface area contributed by atoms with Crippen molar-refractivity contribution in [1.29, 1.82) is 0 Å². The fourth-order valence-corrected chi connectivity index (χ4v) is 4.21. The molecule has 0 saturated carbocycles. The molecule has 1 heterocycles. The molecule has 182 valence electrons. The van der Waals surface area contributed by atoms with Crippen molar-refractivity contribution in [2.24, 2.45) is 0 Å². The van der Waals surface area contributed by atoms with Gasteiger partial charge in [0.05, 0.1) is 27.2 Å². The van der Waals surface area contributed by atoms with Crippen molar-refractivity contribution in [1.82, 2.24) is 5.06 Å². The number of hydrogen-bond acceptors (Lipinski definition) is 6. The maximum Gasteiger partial charge on any atom is 0.332 e. The standard InChI is InChI=1S/C28H29NO6/c1-33-24-14-10-22(11-15-24)28(32,23-12-16-25(34-2)17-13-23)21-8-5-20(6-9-21)7-18-27(31)35-29-19-3-4-26(29)30/h5-6,8-17,32H,3-4,7,18-19H2,1-2H3. The Bertz CT molecular complexity index is 1110. The minimum atomic E-state index is -1.41. The molecule has 1 aliphatic heterocycles. The normalized spacial score (nSPS) is 13.6. The van der Waals surface area contributed by atoms with Crippen LogP contribution < -0.4 is 9.47 Å². The molecule has 4 rings (SSSR count). The van der Waals surface area contributed by atoms with Gasteiger partial charge in [0.2, 0.25) is 0 Å². The van der Waals surface area contributed by atoms with Crippen LogP contribution in [0.4, 0.5) is 0 Å². The molecule has 1 aliphatic rings. The molecule has 1 saturated heterocycles. The summed E-state index contributed by atoms with van der Waals surface area (Å²) in [5.74, 6) is 0.809. The molecule has 7 nitrogen and oxygen atoms in total. The van der Waals surface area contributed by atoms with Gasteiger partial charge in [0.1, 0.15) is 17.1 Å². The van der Waals surface area contributed by atoms with E-state index in [-0.39, 0.29) is 12.3 Å². The minimum absolute atomic E-state index is 0.154. The molecule has 0 unspecified atom stereocenters. The topological polar surface area (TPSA) is 85.3 Å². The van der Waals surface area contributed by atoms with Crippen LogP contribution in [-0.2, 0) is 26.4 Å². The molecule has 1 fully saturated rings. The number of rotatable bonds is 9. The van der Waals surface area contributed by atoms with Crippen LogP contribution in [0.2, 0.25) is 0 Å². The van der Waals surface area contributed by atoms with Gasteiger partial charge in [0.15, 0.2) is 0 Å². The van der Waals surface area contributed by atoms with E-state index in [2.05, 4.69) is 0 Å². The molecule has 0 aliphatic carbocycles. The summed E-state index contributed by atoms with van der Waals surface area (Å²) in [6, 6.07) is 22.1. The monoisotopic (exact) mass is 475 g/mol. The SMILES string of the molecule is COc1ccc(C(O)(c2ccc(CCC(=O)ON3CCCC3=O)cc2)c2ccc(OC)cc2)cc1. The zero-order chi connectivity index (χ0) is 24.8. The molecule has 3 aromatic carbocycles. The Balaban J connectivity index is 1.55. The number of hydroxylamine groups is 2. The number of ether oxygens (including phenoxy) is 2. The minimum Gasteiger partial charge on any atom is -0.497 e. The summed E-state index contributed by atoms with van der Waals surface area (Å²) in [4.78, 5) is 28.9. The molecule has 1 N–H and O–H groups in total. The smallest absolute Gasteiger partial charge is 0.332 e. The highest BCUT2D eigenvalue weighted by atomic mass is 16.7. The van der Waals surface area contributed by atoms with Crippen LogP contribution in [0.25, 0.3) is 0 Å². The summed E-state index contributed by atoms with van der Waals surface area (Å²) in [6.45, 7) is 0.453. The Morgan fingerprint density at radius 1 is 0.857 bits per heavy atom. The van der Waals surface area contributed by atoms with Crippen LogP contribution >= 0.6 is 0 Å². The van der Waals surface area contributed by atoms with Crippen LogP contribution in [0.1, 0.15) is 41.5 Å². The molecule has 0 radical (unpaired) electrons. The number of nitrogens with zero attached hydrogens (tertiary/aromatic N) is 1. The van der Waals surface area contributed by atoms with E-state index in [4.69, 9.17) is 14.3 Å². The fourth-order valence-electron chi connectivity index (χ4n) is 4.21. The van der Waals surface area contributed by atoms with E-state index in [9.17, 15) is 14.7 Å². The second kappa shape index (κ2) is 10.6. The molecule has 1 amide bonds. The summed E-state index contributed by atoms with van der Waals surface area (Å²) in [6.07, 6.45) is 1.74. The van der Waals surface area contributed by atoms with Gasteiger partial charge in [0, 0.05) is 6.42 Å². The number of hydrogen-bond donors (Lipinski definition) is 1. The number of carbonyl (C=O) groups is 2. The molecular weight excluding hydrogens is 446 g/mol. The van der Waals surface area contributed by atoms with Crippen molar-refractivity contribution >= 4 is 11.9 Å². The maximum atomic E-state index is 12.1. The zero-order valence-corrected chi connectivity index (χ0v) is 19.9. The lowest BCUT2D eigenvalue weighted by molar-refractivity contribution is -0.192. The van der Waals surface area contributed by atoms with Crippen molar-refractivity contribution in [2.75, 3.05) is 20.8 Å². The van der Waals surface area contributed by atoms with Gasteiger partial charge in [-0.1, -0.05) is 48.5 Å². The lowest BCUT2D eigenvalue weighted by atomic mass is 9.80. The quantitative estimate of drug-likeness (QED) is 0.471. The van der Waals surface area contributed by atoms with Gasteiger partial charge < -0.3 is 19.4 Å². The zero-order valence-electron chi connectivity index (χ0n) is 19.9. The molecule has 0 aromatic heterocycles. The average Bonchev–Trinajstić information content (AvgIpc) is 3.31. The van der Waals surface area contributed by atoms with Gasteiger partial charge >= 0.3 is 5.97 Å². The lowest BCUT2D eigenvalue weighted by Crippen LogP contribution is -2.29. The lowest BCUT2D eigenvalue weighted by Gasteiger charge is -2.30. The number of carbonyl (C=O) groups excluding carboxylic acids is 2. The first-order chi connectivity index (χ1) is 16.9. The first-order valence-electron chi connectivity index (χ1n) is 11.6. The van der Waals surface area contributed by atoms with E-state index in [1.54, 1.807) is 14.2 Å². The van der Waals surface area contributed by atoms with E-state index >= 15 is 0 Å². The molecule has 3 aromatic rings. The van der Waals surface area contributed by atoms with Crippen LogP contribution in [-0.4, -0.2) is 42.8 Å². The summed E-state index contributed by atoms with van der Waals surface area (Å²) in [5.41, 5.74) is 1.57. The van der Waals surface area contributed by atoms with Crippen LogP contribution in [0.15, 0.2) is 72.8 Å². The van der Waals surface area contributed by atoms with Gasteiger partial charge in [-0.05, 0) is 59.4 Å². The summed E-state index contributed by atoms with van der Waals surface area (Å²) in [7, 11) is 3.20. The van der Waals surface area contributed by atoms with Gasteiger partial charge in [-0.2, -0.15) is 5.06 Å². The predicted octanol–water partition coefficient (Wildman–Crippen LogP) is 4.00. The van der Waals surface area contributed by atoms with Crippen molar-refractivity contribution < 1.29 is 29.0 Å². The van der Waals surface area contributed by atoms with Crippen molar-refractivity contribution in [2.45, 2.75) is 31.3 Å². The number of methoxy groups -OCH3 is 2. The number of aliphatic hydroxyl groups is 1. The van der Waals surface area contributed by atoms with E-state index in [1.807, 2.05) is 72.8 Å². The first-order valence-corrected chi connectivity index (χ1v) is 11.6. The number of aryl methyl sites for hydroxylation is 1. The van der Waals surface area contributed by atoms with E-state index in [0.29, 0.717) is 54.0 Å². The van der Waals surface area contributed by atoms with Crippen LogP contribution in [0, 0.1) is 0 Å². The summed E-state index contributed by atoms with van der Waals surface area (Å²) >= 11 is 0. The molecular formula is C28H29NO6. The Morgan fingerprint density at radius 2 is 1.34 bits per heavy atom. The second-order valence-electron chi connectivity index (χ2n) is 8.43. The third kappa shape index (κ3) is 5.30. The fraction of sp³-hybridized carbons (Fsp3) is 0.286. The highest BCUT2D eigenvalue weighted by Gasteiger charge is 2.34. The highest BCUT2D eigenvalue weighted by Crippen LogP contribution is 2.38. The Hall–Kier alpha value is -3.84. The number of benzene rings is 3. The molecule has 0 atom stereocenters. The predicted molar refractivity (Wildman–Crippen MR) is 130 cm³/mol. The van der Waals surface area contributed by atoms with Crippen LogP contribution in [0.3, 0.4) is 0 Å². The molecule has 0 bridgehead atoms. The Morgan fingerprint density at radius 3 is 1.77 bits per heavy atom. The van der Waals surface area contributed by atoms with E-state index in [0.717, 1.165) is 10.6 Å². The Labute approximate surface area is 204 Å². The van der Waals surface area contributed by atoms with Gasteiger partial charge in [0.25, 0.3) is 5.91 Å². The first kappa shape index (κ1) is 24.3. The molecule has 7 heteroatoms.